The zero-order valence-corrected chi connectivity index (χ0v) is 13.3. The molecule has 1 aliphatic rings. The first kappa shape index (κ1) is 15.1. The molecule has 3 rings (SSSR count). The number of aryl methyl sites for hydroxylation is 1. The van der Waals surface area contributed by atoms with E-state index in [0.717, 1.165) is 30.3 Å². The number of nitrogens with one attached hydrogen (secondary N) is 1. The summed E-state index contributed by atoms with van der Waals surface area (Å²) in [7, 11) is 0. The number of thiazole rings is 1. The Morgan fingerprint density at radius 2 is 2.18 bits per heavy atom. The molecule has 0 radical (unpaired) electrons. The molecule has 0 saturated carbocycles. The van der Waals surface area contributed by atoms with Gasteiger partial charge in [0.1, 0.15) is 15.7 Å². The lowest BCUT2D eigenvalue weighted by Gasteiger charge is -2.11. The fraction of sp³-hybridized carbons (Fsp3) is 0.375. The number of nitrogens with zero attached hydrogens (tertiary/aromatic N) is 2. The van der Waals surface area contributed by atoms with Crippen LogP contribution >= 0.6 is 11.3 Å². The second-order valence-electron chi connectivity index (χ2n) is 5.47. The first-order valence-corrected chi connectivity index (χ1v) is 8.19. The molecule has 1 aliphatic heterocycles. The minimum atomic E-state index is -0.367. The summed E-state index contributed by atoms with van der Waals surface area (Å²) >= 11 is 1.42. The highest BCUT2D eigenvalue weighted by molar-refractivity contribution is 7.13. The van der Waals surface area contributed by atoms with Crippen LogP contribution in [0.5, 0.6) is 0 Å². The molecular weight excluding hydrogens is 301 g/mol. The number of aromatic nitrogens is 1. The van der Waals surface area contributed by atoms with Crippen LogP contribution in [0.15, 0.2) is 24.3 Å². The van der Waals surface area contributed by atoms with Crippen molar-refractivity contribution in [3.05, 3.63) is 45.7 Å². The van der Waals surface area contributed by atoms with Gasteiger partial charge in [-0.05, 0) is 51.1 Å². The van der Waals surface area contributed by atoms with Gasteiger partial charge in [0.2, 0.25) is 0 Å². The van der Waals surface area contributed by atoms with Crippen molar-refractivity contribution < 1.29 is 9.18 Å². The van der Waals surface area contributed by atoms with E-state index in [1.54, 1.807) is 12.1 Å². The van der Waals surface area contributed by atoms with E-state index in [2.05, 4.69) is 15.2 Å². The van der Waals surface area contributed by atoms with Crippen molar-refractivity contribution in [1.29, 1.82) is 0 Å². The third-order valence-electron chi connectivity index (χ3n) is 3.69. The summed E-state index contributed by atoms with van der Waals surface area (Å²) in [6, 6.07) is 5.90. The lowest BCUT2D eigenvalue weighted by Crippen LogP contribution is -2.18. The molecule has 22 heavy (non-hydrogen) atoms. The van der Waals surface area contributed by atoms with Gasteiger partial charge in [-0.25, -0.2) is 9.37 Å². The number of benzene rings is 1. The maximum Gasteiger partial charge on any atom is 0.267 e. The zero-order chi connectivity index (χ0) is 15.5. The summed E-state index contributed by atoms with van der Waals surface area (Å²) in [6.07, 6.45) is 2.47. The molecule has 0 atom stereocenters. The summed E-state index contributed by atoms with van der Waals surface area (Å²) in [5.41, 5.74) is 1.19. The van der Waals surface area contributed by atoms with Gasteiger partial charge in [0.05, 0.1) is 12.2 Å². The second kappa shape index (κ2) is 6.54. The third-order valence-corrected chi connectivity index (χ3v) is 4.83. The molecule has 6 heteroatoms. The SMILES string of the molecule is Cc1nc(CN2CCCC2)sc1C(=O)Nc1cccc(F)c1. The maximum atomic E-state index is 13.2. The largest absolute Gasteiger partial charge is 0.321 e. The van der Waals surface area contributed by atoms with E-state index < -0.39 is 0 Å². The molecule has 116 valence electrons. The normalized spacial score (nSPS) is 15.2. The highest BCUT2D eigenvalue weighted by Crippen LogP contribution is 2.22. The molecule has 1 saturated heterocycles. The van der Waals surface area contributed by atoms with Gasteiger partial charge in [0.15, 0.2) is 0 Å². The minimum absolute atomic E-state index is 0.228. The predicted octanol–water partition coefficient (Wildman–Crippen LogP) is 3.44. The Balaban J connectivity index is 1.70. The predicted molar refractivity (Wildman–Crippen MR) is 85.7 cm³/mol. The van der Waals surface area contributed by atoms with Crippen molar-refractivity contribution in [1.82, 2.24) is 9.88 Å². The first-order valence-electron chi connectivity index (χ1n) is 7.37. The third kappa shape index (κ3) is 3.51. The summed E-state index contributed by atoms with van der Waals surface area (Å²) in [4.78, 5) is 19.8. The molecule has 0 unspecified atom stereocenters. The fourth-order valence-electron chi connectivity index (χ4n) is 2.62. The van der Waals surface area contributed by atoms with Gasteiger partial charge in [0, 0.05) is 5.69 Å². The van der Waals surface area contributed by atoms with E-state index in [4.69, 9.17) is 0 Å². The Hall–Kier alpha value is -1.79. The van der Waals surface area contributed by atoms with Crippen LogP contribution in [0.2, 0.25) is 0 Å². The summed E-state index contributed by atoms with van der Waals surface area (Å²) in [5, 5.41) is 3.69. The summed E-state index contributed by atoms with van der Waals surface area (Å²) in [5.74, 6) is -0.596. The van der Waals surface area contributed by atoms with Crippen molar-refractivity contribution in [2.24, 2.45) is 0 Å². The van der Waals surface area contributed by atoms with Crippen molar-refractivity contribution in [3.63, 3.8) is 0 Å². The van der Waals surface area contributed by atoms with Gasteiger partial charge in [-0.1, -0.05) is 6.07 Å². The molecule has 2 heterocycles. The van der Waals surface area contributed by atoms with Gasteiger partial charge >= 0.3 is 0 Å². The number of carbonyl (C=O) groups excluding carboxylic acids is 1. The van der Waals surface area contributed by atoms with Crippen LogP contribution in [-0.4, -0.2) is 28.9 Å². The molecule has 1 amide bonds. The topological polar surface area (TPSA) is 45.2 Å². The number of anilines is 1. The van der Waals surface area contributed by atoms with E-state index in [-0.39, 0.29) is 11.7 Å². The summed E-state index contributed by atoms with van der Waals surface area (Å²) in [6.45, 7) is 4.84. The Morgan fingerprint density at radius 1 is 1.41 bits per heavy atom. The van der Waals surface area contributed by atoms with Crippen molar-refractivity contribution >= 4 is 22.9 Å². The number of hydrogen-bond donors (Lipinski definition) is 1. The van der Waals surface area contributed by atoms with Crippen LogP contribution in [0.25, 0.3) is 0 Å². The van der Waals surface area contributed by atoms with Gasteiger partial charge in [-0.3, -0.25) is 9.69 Å². The van der Waals surface area contributed by atoms with E-state index in [1.165, 1.54) is 36.3 Å². The minimum Gasteiger partial charge on any atom is -0.321 e. The number of halogens is 1. The maximum absolute atomic E-state index is 13.2. The van der Waals surface area contributed by atoms with Crippen LogP contribution in [0.3, 0.4) is 0 Å². The van der Waals surface area contributed by atoms with Gasteiger partial charge in [-0.2, -0.15) is 0 Å². The zero-order valence-electron chi connectivity index (χ0n) is 12.4. The average Bonchev–Trinajstić information content (AvgIpc) is 3.09. The Morgan fingerprint density at radius 3 is 2.91 bits per heavy atom. The number of carbonyl (C=O) groups is 1. The summed E-state index contributed by atoms with van der Waals surface area (Å²) < 4.78 is 13.2. The quantitative estimate of drug-likeness (QED) is 0.939. The standard InChI is InChI=1S/C16H18FN3OS/c1-11-15(16(21)19-13-6-4-5-12(17)9-13)22-14(18-11)10-20-7-2-3-8-20/h4-6,9H,2-3,7-8,10H2,1H3,(H,19,21). The van der Waals surface area contributed by atoms with Crippen LogP contribution in [-0.2, 0) is 6.54 Å². The number of amides is 1. The van der Waals surface area contributed by atoms with Crippen molar-refractivity contribution in [2.45, 2.75) is 26.3 Å². The molecule has 1 N–H and O–H groups in total. The van der Waals surface area contributed by atoms with Gasteiger partial charge < -0.3 is 5.32 Å². The van der Waals surface area contributed by atoms with Crippen LogP contribution in [0, 0.1) is 12.7 Å². The monoisotopic (exact) mass is 319 g/mol. The molecule has 1 aromatic carbocycles. The number of rotatable bonds is 4. The number of hydrogen-bond acceptors (Lipinski definition) is 4. The Kier molecular flexibility index (Phi) is 4.49. The molecule has 0 spiro atoms. The van der Waals surface area contributed by atoms with Gasteiger partial charge in [0.25, 0.3) is 5.91 Å². The molecular formula is C16H18FN3OS. The van der Waals surface area contributed by atoms with Crippen molar-refractivity contribution in [3.8, 4) is 0 Å². The Bertz CT molecular complexity index is 680. The molecule has 2 aromatic rings. The fourth-order valence-corrected chi connectivity index (χ4v) is 3.62. The highest BCUT2D eigenvalue weighted by atomic mass is 32.1. The smallest absolute Gasteiger partial charge is 0.267 e. The molecule has 1 fully saturated rings. The molecule has 0 bridgehead atoms. The van der Waals surface area contributed by atoms with Gasteiger partial charge in [-0.15, -0.1) is 11.3 Å². The van der Waals surface area contributed by atoms with Crippen LogP contribution < -0.4 is 5.32 Å². The lowest BCUT2D eigenvalue weighted by molar-refractivity contribution is 0.103. The Labute approximate surface area is 133 Å². The van der Waals surface area contributed by atoms with Crippen LogP contribution in [0.1, 0.15) is 33.2 Å². The highest BCUT2D eigenvalue weighted by Gasteiger charge is 2.18. The van der Waals surface area contributed by atoms with E-state index in [1.807, 2.05) is 6.92 Å². The second-order valence-corrected chi connectivity index (χ2v) is 6.55. The molecule has 4 nitrogen and oxygen atoms in total. The van der Waals surface area contributed by atoms with Crippen molar-refractivity contribution in [2.75, 3.05) is 18.4 Å². The van der Waals surface area contributed by atoms with Crippen LogP contribution in [0.4, 0.5) is 10.1 Å². The first-order chi connectivity index (χ1) is 10.6. The molecule has 1 aromatic heterocycles. The molecule has 0 aliphatic carbocycles. The lowest BCUT2D eigenvalue weighted by atomic mass is 10.3. The number of likely N-dealkylation sites (tertiary alicyclic amines) is 1. The van der Waals surface area contributed by atoms with E-state index in [9.17, 15) is 9.18 Å². The average molecular weight is 319 g/mol. The van der Waals surface area contributed by atoms with E-state index in [0.29, 0.717) is 10.6 Å². The van der Waals surface area contributed by atoms with E-state index >= 15 is 0 Å².